The van der Waals surface area contributed by atoms with Gasteiger partial charge in [-0.05, 0) is 69.0 Å². The Balaban J connectivity index is 1.27. The summed E-state index contributed by atoms with van der Waals surface area (Å²) in [5, 5.41) is 1.99. The molecule has 0 radical (unpaired) electrons. The van der Waals surface area contributed by atoms with Crippen molar-refractivity contribution in [3.8, 4) is 5.75 Å². The van der Waals surface area contributed by atoms with Gasteiger partial charge in [0.05, 0.1) is 11.4 Å². The number of amides is 1. The number of carbonyl (C=O) groups is 1. The van der Waals surface area contributed by atoms with Crippen LogP contribution in [0.3, 0.4) is 0 Å². The topological polar surface area (TPSA) is 32.8 Å². The van der Waals surface area contributed by atoms with Gasteiger partial charge in [-0.3, -0.25) is 4.79 Å². The molecule has 2 saturated carbocycles. The average molecular weight is 481 g/mol. The number of para-hydroxylation sites is 1. The molecule has 184 valence electrons. The molecule has 2 aliphatic carbocycles. The molecule has 0 unspecified atom stereocenters. The van der Waals surface area contributed by atoms with Crippen LogP contribution < -0.4 is 4.74 Å². The minimum Gasteiger partial charge on any atom is -0.485 e. The number of ether oxygens (including phenoxy) is 1. The first-order valence-corrected chi connectivity index (χ1v) is 14.3. The number of rotatable bonds is 4. The molecular weight excluding hydrogens is 440 g/mol. The van der Waals surface area contributed by atoms with E-state index in [4.69, 9.17) is 4.74 Å². The fourth-order valence-corrected chi connectivity index (χ4v) is 7.11. The maximum Gasteiger partial charge on any atom is 0.264 e. The Labute approximate surface area is 209 Å². The molecule has 0 N–H and O–H groups in total. The molecule has 1 spiro atoms. The van der Waals surface area contributed by atoms with E-state index in [0.717, 1.165) is 47.8 Å². The first-order valence-electron chi connectivity index (χ1n) is 13.4. The van der Waals surface area contributed by atoms with Crippen LogP contribution in [0, 0.1) is 5.92 Å². The third-order valence-electron chi connectivity index (χ3n) is 8.42. The number of hydrogen-bond acceptors (Lipinski definition) is 4. The Hall–Kier alpha value is -1.85. The Morgan fingerprint density at radius 1 is 1.03 bits per heavy atom. The van der Waals surface area contributed by atoms with E-state index >= 15 is 0 Å². The molecule has 0 saturated heterocycles. The van der Waals surface area contributed by atoms with Crippen molar-refractivity contribution < 1.29 is 9.53 Å². The summed E-state index contributed by atoms with van der Waals surface area (Å²) in [4.78, 5) is 18.9. The molecule has 2 aromatic rings. The molecule has 5 heteroatoms. The van der Waals surface area contributed by atoms with E-state index in [1.807, 2.05) is 22.4 Å². The second kappa shape index (κ2) is 10.8. The van der Waals surface area contributed by atoms with Gasteiger partial charge < -0.3 is 14.5 Å². The maximum atomic E-state index is 13.4. The predicted octanol–water partition coefficient (Wildman–Crippen LogP) is 6.76. The highest BCUT2D eigenvalue weighted by atomic mass is 32.1. The number of nitrogens with zero attached hydrogens (tertiary/aromatic N) is 2. The van der Waals surface area contributed by atoms with Crippen molar-refractivity contribution in [2.45, 2.75) is 88.8 Å². The summed E-state index contributed by atoms with van der Waals surface area (Å²) < 4.78 is 6.78. The normalized spacial score (nSPS) is 26.4. The lowest BCUT2D eigenvalue weighted by atomic mass is 9.80. The highest BCUT2D eigenvalue weighted by Crippen LogP contribution is 2.40. The molecule has 0 atom stereocenters. The van der Waals surface area contributed by atoms with Crippen LogP contribution in [0.5, 0.6) is 5.75 Å². The minimum absolute atomic E-state index is 0.137. The van der Waals surface area contributed by atoms with Gasteiger partial charge in [0.15, 0.2) is 0 Å². The van der Waals surface area contributed by atoms with Crippen LogP contribution >= 0.6 is 11.3 Å². The molecule has 3 aliphatic rings. The van der Waals surface area contributed by atoms with E-state index in [1.54, 1.807) is 0 Å². The number of hydrogen-bond donors (Lipinski definition) is 0. The fraction of sp³-hybridized carbons (Fsp3) is 0.621. The Bertz CT molecular complexity index is 927. The molecular formula is C29H40N2O2S. The maximum absolute atomic E-state index is 13.4. The second-order valence-electron chi connectivity index (χ2n) is 10.9. The summed E-state index contributed by atoms with van der Waals surface area (Å²) >= 11 is 1.53. The lowest BCUT2D eigenvalue weighted by Crippen LogP contribution is -2.52. The smallest absolute Gasteiger partial charge is 0.264 e. The van der Waals surface area contributed by atoms with Gasteiger partial charge in [0.1, 0.15) is 11.4 Å². The summed E-state index contributed by atoms with van der Waals surface area (Å²) in [6, 6.07) is 12.8. The van der Waals surface area contributed by atoms with Gasteiger partial charge in [0, 0.05) is 24.7 Å². The van der Waals surface area contributed by atoms with Gasteiger partial charge in [-0.2, -0.15) is 0 Å². The van der Waals surface area contributed by atoms with Crippen molar-refractivity contribution in [1.82, 2.24) is 9.80 Å². The first kappa shape index (κ1) is 23.9. The highest BCUT2D eigenvalue weighted by Gasteiger charge is 2.43. The molecule has 1 aromatic carbocycles. The molecule has 2 fully saturated rings. The van der Waals surface area contributed by atoms with Crippen LogP contribution in [-0.4, -0.2) is 47.5 Å². The summed E-state index contributed by atoms with van der Waals surface area (Å²) in [6.07, 6.45) is 14.2. The van der Waals surface area contributed by atoms with E-state index < -0.39 is 0 Å². The fourth-order valence-electron chi connectivity index (χ4n) is 6.42. The zero-order valence-electron chi connectivity index (χ0n) is 20.7. The molecule has 2 heterocycles. The second-order valence-corrected chi connectivity index (χ2v) is 11.9. The van der Waals surface area contributed by atoms with Crippen molar-refractivity contribution in [2.75, 3.05) is 20.1 Å². The molecule has 34 heavy (non-hydrogen) atoms. The summed E-state index contributed by atoms with van der Waals surface area (Å²) in [7, 11) is 2.34. The van der Waals surface area contributed by atoms with Crippen molar-refractivity contribution in [1.29, 1.82) is 0 Å². The van der Waals surface area contributed by atoms with Gasteiger partial charge in [0.2, 0.25) is 0 Å². The molecule has 1 aromatic heterocycles. The van der Waals surface area contributed by atoms with Crippen LogP contribution in [0.1, 0.15) is 85.9 Å². The number of carbonyl (C=O) groups excluding carboxylic acids is 1. The predicted molar refractivity (Wildman–Crippen MR) is 140 cm³/mol. The Morgan fingerprint density at radius 3 is 2.50 bits per heavy atom. The summed E-state index contributed by atoms with van der Waals surface area (Å²) in [5.41, 5.74) is 0.838. The Morgan fingerprint density at radius 2 is 1.76 bits per heavy atom. The van der Waals surface area contributed by atoms with Crippen molar-refractivity contribution in [3.63, 3.8) is 0 Å². The largest absolute Gasteiger partial charge is 0.485 e. The van der Waals surface area contributed by atoms with E-state index in [1.165, 1.54) is 62.8 Å². The zero-order chi connectivity index (χ0) is 23.4. The van der Waals surface area contributed by atoms with E-state index in [9.17, 15) is 4.79 Å². The van der Waals surface area contributed by atoms with Gasteiger partial charge in [-0.15, -0.1) is 11.3 Å². The van der Waals surface area contributed by atoms with Gasteiger partial charge in [-0.25, -0.2) is 0 Å². The summed E-state index contributed by atoms with van der Waals surface area (Å²) in [5.74, 6) is 1.96. The number of fused-ring (bicyclic) bond motifs is 1. The van der Waals surface area contributed by atoms with Gasteiger partial charge in [-0.1, -0.05) is 56.4 Å². The molecule has 5 rings (SSSR count). The van der Waals surface area contributed by atoms with Gasteiger partial charge >= 0.3 is 0 Å². The molecule has 1 aliphatic heterocycles. The average Bonchev–Trinajstić information content (AvgIpc) is 3.31. The van der Waals surface area contributed by atoms with Crippen molar-refractivity contribution >= 4 is 17.2 Å². The van der Waals surface area contributed by atoms with E-state index in [0.29, 0.717) is 19.1 Å². The number of thiophene rings is 1. The third-order valence-corrected chi connectivity index (χ3v) is 9.28. The van der Waals surface area contributed by atoms with Crippen molar-refractivity contribution in [3.05, 3.63) is 52.2 Å². The highest BCUT2D eigenvalue weighted by molar-refractivity contribution is 7.12. The lowest BCUT2D eigenvalue weighted by Gasteiger charge is -2.44. The zero-order valence-corrected chi connectivity index (χ0v) is 21.5. The van der Waals surface area contributed by atoms with Crippen LogP contribution in [0.25, 0.3) is 0 Å². The van der Waals surface area contributed by atoms with Gasteiger partial charge in [0.25, 0.3) is 5.91 Å². The first-order chi connectivity index (χ1) is 16.6. The molecule has 0 bridgehead atoms. The standard InChI is InChI=1S/C29H40N2O2S/c1-30(20-23-10-5-3-2-4-6-11-23)25-15-17-29(18-16-25)22-31(28(32)27-14-9-19-34-27)21-24-12-7-8-13-26(24)33-29/h7-9,12-14,19,23,25H,2-6,10-11,15-18,20-22H2,1H3. The summed E-state index contributed by atoms with van der Waals surface area (Å²) in [6.45, 7) is 2.54. The van der Waals surface area contributed by atoms with Crippen LogP contribution in [0.15, 0.2) is 41.8 Å². The SMILES string of the molecule is CN(CC1CCCCCCC1)C1CCC2(CC1)CN(C(=O)c1cccs1)Cc1ccccc1O2. The van der Waals surface area contributed by atoms with E-state index in [2.05, 4.69) is 36.2 Å². The quantitative estimate of drug-likeness (QED) is 0.485. The third kappa shape index (κ3) is 5.52. The lowest BCUT2D eigenvalue weighted by molar-refractivity contribution is -0.0135. The molecule has 4 nitrogen and oxygen atoms in total. The minimum atomic E-state index is -0.281. The van der Waals surface area contributed by atoms with Crippen LogP contribution in [0.4, 0.5) is 0 Å². The number of benzene rings is 1. The van der Waals surface area contributed by atoms with Crippen LogP contribution in [0.2, 0.25) is 0 Å². The monoisotopic (exact) mass is 480 g/mol. The molecule has 1 amide bonds. The Kier molecular flexibility index (Phi) is 7.60. The van der Waals surface area contributed by atoms with E-state index in [-0.39, 0.29) is 11.5 Å². The van der Waals surface area contributed by atoms with Crippen LogP contribution in [-0.2, 0) is 6.54 Å². The van der Waals surface area contributed by atoms with Crippen molar-refractivity contribution in [2.24, 2.45) is 5.92 Å².